The molecule has 3 aromatic rings. The van der Waals surface area contributed by atoms with E-state index in [1.807, 2.05) is 30.6 Å². The summed E-state index contributed by atoms with van der Waals surface area (Å²) < 4.78 is 7.80. The standard InChI is InChI=1S/C19H25N7O2/c1-13(2)26-6-5-20-18(26)11-25-7-8-28-12-15(25)10-19(27)21-14-3-4-16-17(9-14)23-24-22-16/h3-6,9,13,15H,7-8,10-12H2,1-2H3,(H,21,27)(H,22,23,24)/t15-/m1/s1. The third-order valence-corrected chi connectivity index (χ3v) is 5.02. The number of carbonyl (C=O) groups is 1. The number of nitrogens with one attached hydrogen (secondary N) is 2. The molecule has 9 nitrogen and oxygen atoms in total. The van der Waals surface area contributed by atoms with E-state index in [9.17, 15) is 4.79 Å². The summed E-state index contributed by atoms with van der Waals surface area (Å²) >= 11 is 0. The molecule has 0 saturated carbocycles. The molecule has 28 heavy (non-hydrogen) atoms. The summed E-state index contributed by atoms with van der Waals surface area (Å²) in [6.45, 7) is 6.98. The lowest BCUT2D eigenvalue weighted by Crippen LogP contribution is -2.46. The summed E-state index contributed by atoms with van der Waals surface area (Å²) in [5.41, 5.74) is 2.21. The van der Waals surface area contributed by atoms with Crippen molar-refractivity contribution in [1.82, 2.24) is 29.9 Å². The van der Waals surface area contributed by atoms with E-state index in [-0.39, 0.29) is 11.9 Å². The second-order valence-corrected chi connectivity index (χ2v) is 7.32. The molecule has 0 bridgehead atoms. The fourth-order valence-electron chi connectivity index (χ4n) is 3.55. The lowest BCUT2D eigenvalue weighted by Gasteiger charge is -2.35. The van der Waals surface area contributed by atoms with Crippen LogP contribution < -0.4 is 5.32 Å². The first-order chi connectivity index (χ1) is 13.6. The summed E-state index contributed by atoms with van der Waals surface area (Å²) in [5, 5.41) is 13.6. The van der Waals surface area contributed by atoms with Crippen molar-refractivity contribution in [1.29, 1.82) is 0 Å². The summed E-state index contributed by atoms with van der Waals surface area (Å²) in [6, 6.07) is 5.84. The molecule has 1 amide bonds. The maximum absolute atomic E-state index is 12.6. The zero-order valence-corrected chi connectivity index (χ0v) is 16.1. The van der Waals surface area contributed by atoms with Crippen molar-refractivity contribution in [2.45, 2.75) is 38.9 Å². The lowest BCUT2D eigenvalue weighted by molar-refractivity contribution is -0.119. The molecule has 9 heteroatoms. The van der Waals surface area contributed by atoms with E-state index in [1.165, 1.54) is 0 Å². The molecule has 1 fully saturated rings. The molecule has 2 aromatic heterocycles. The van der Waals surface area contributed by atoms with Crippen LogP contribution in [0.4, 0.5) is 5.69 Å². The molecule has 0 aliphatic carbocycles. The zero-order chi connectivity index (χ0) is 19.5. The summed E-state index contributed by atoms with van der Waals surface area (Å²) in [4.78, 5) is 19.4. The topological polar surface area (TPSA) is 101 Å². The van der Waals surface area contributed by atoms with Gasteiger partial charge in [-0.25, -0.2) is 4.98 Å². The van der Waals surface area contributed by atoms with Crippen molar-refractivity contribution in [3.05, 3.63) is 36.4 Å². The predicted molar refractivity (Wildman–Crippen MR) is 105 cm³/mol. The number of aromatic nitrogens is 5. The second kappa shape index (κ2) is 8.07. The van der Waals surface area contributed by atoms with Crippen LogP contribution in [0.1, 0.15) is 32.1 Å². The van der Waals surface area contributed by atoms with Gasteiger partial charge in [0.25, 0.3) is 0 Å². The van der Waals surface area contributed by atoms with Gasteiger partial charge in [-0.2, -0.15) is 15.4 Å². The molecule has 1 aliphatic heterocycles. The van der Waals surface area contributed by atoms with Crippen molar-refractivity contribution >= 4 is 22.6 Å². The summed E-state index contributed by atoms with van der Waals surface area (Å²) in [7, 11) is 0. The predicted octanol–water partition coefficient (Wildman–Crippen LogP) is 1.96. The van der Waals surface area contributed by atoms with Gasteiger partial charge in [0.2, 0.25) is 5.91 Å². The van der Waals surface area contributed by atoms with E-state index in [4.69, 9.17) is 4.74 Å². The van der Waals surface area contributed by atoms with Gasteiger partial charge < -0.3 is 14.6 Å². The van der Waals surface area contributed by atoms with Gasteiger partial charge in [0, 0.05) is 43.1 Å². The first-order valence-corrected chi connectivity index (χ1v) is 9.54. The molecule has 1 aliphatic rings. The molecule has 1 saturated heterocycles. The summed E-state index contributed by atoms with van der Waals surface area (Å²) in [5.74, 6) is 0.967. The van der Waals surface area contributed by atoms with Crippen molar-refractivity contribution < 1.29 is 9.53 Å². The number of aromatic amines is 1. The Morgan fingerprint density at radius 2 is 2.21 bits per heavy atom. The molecular weight excluding hydrogens is 358 g/mol. The molecule has 4 rings (SSSR count). The number of H-pyrrole nitrogens is 1. The van der Waals surface area contributed by atoms with Crippen LogP contribution >= 0.6 is 0 Å². The van der Waals surface area contributed by atoms with Crippen LogP contribution in [0.15, 0.2) is 30.6 Å². The van der Waals surface area contributed by atoms with Crippen molar-refractivity contribution in [2.75, 3.05) is 25.1 Å². The van der Waals surface area contributed by atoms with Crippen LogP contribution in [0.5, 0.6) is 0 Å². The Morgan fingerprint density at radius 1 is 1.36 bits per heavy atom. The van der Waals surface area contributed by atoms with E-state index in [0.717, 1.165) is 23.4 Å². The Labute approximate surface area is 163 Å². The minimum atomic E-state index is -0.0458. The average Bonchev–Trinajstić information content (AvgIpc) is 3.32. The maximum Gasteiger partial charge on any atom is 0.226 e. The minimum absolute atomic E-state index is 0.0156. The quantitative estimate of drug-likeness (QED) is 0.675. The normalized spacial score (nSPS) is 18.0. The Kier molecular flexibility index (Phi) is 5.36. The number of imidazole rings is 1. The van der Waals surface area contributed by atoms with Crippen LogP contribution in [0, 0.1) is 0 Å². The average molecular weight is 383 g/mol. The van der Waals surface area contributed by atoms with Crippen LogP contribution in [-0.4, -0.2) is 61.6 Å². The second-order valence-electron chi connectivity index (χ2n) is 7.32. The molecule has 0 radical (unpaired) electrons. The van der Waals surface area contributed by atoms with E-state index in [0.29, 0.717) is 37.9 Å². The number of anilines is 1. The smallest absolute Gasteiger partial charge is 0.226 e. The van der Waals surface area contributed by atoms with Crippen LogP contribution in [0.2, 0.25) is 0 Å². The SMILES string of the molecule is CC(C)n1ccnc1CN1CCOC[C@H]1CC(=O)Nc1ccc2n[nH]nc2c1. The van der Waals surface area contributed by atoms with Crippen molar-refractivity contribution in [3.63, 3.8) is 0 Å². The number of fused-ring (bicyclic) bond motifs is 1. The number of carbonyl (C=O) groups excluding carboxylic acids is 1. The fraction of sp³-hybridized carbons (Fsp3) is 0.474. The Balaban J connectivity index is 1.41. The van der Waals surface area contributed by atoms with Gasteiger partial charge in [0.1, 0.15) is 16.9 Å². The highest BCUT2D eigenvalue weighted by atomic mass is 16.5. The van der Waals surface area contributed by atoms with Gasteiger partial charge in [-0.05, 0) is 32.0 Å². The molecule has 3 heterocycles. The van der Waals surface area contributed by atoms with Gasteiger partial charge in [-0.3, -0.25) is 9.69 Å². The first-order valence-electron chi connectivity index (χ1n) is 9.54. The van der Waals surface area contributed by atoms with E-state index in [1.54, 1.807) is 0 Å². The van der Waals surface area contributed by atoms with Gasteiger partial charge in [0.05, 0.1) is 19.8 Å². The first kappa shape index (κ1) is 18.6. The number of nitrogens with zero attached hydrogens (tertiary/aromatic N) is 5. The molecule has 2 N–H and O–H groups in total. The van der Waals surface area contributed by atoms with E-state index in [2.05, 4.69) is 49.0 Å². The maximum atomic E-state index is 12.6. The zero-order valence-electron chi connectivity index (χ0n) is 16.1. The van der Waals surface area contributed by atoms with Crippen LogP contribution in [0.3, 0.4) is 0 Å². The summed E-state index contributed by atoms with van der Waals surface area (Å²) in [6.07, 6.45) is 4.19. The van der Waals surface area contributed by atoms with Crippen LogP contribution in [0.25, 0.3) is 11.0 Å². The highest BCUT2D eigenvalue weighted by Gasteiger charge is 2.27. The van der Waals surface area contributed by atoms with Gasteiger partial charge in [-0.15, -0.1) is 0 Å². The number of hydrogen-bond acceptors (Lipinski definition) is 6. The van der Waals surface area contributed by atoms with Gasteiger partial charge >= 0.3 is 0 Å². The fourth-order valence-corrected chi connectivity index (χ4v) is 3.55. The monoisotopic (exact) mass is 383 g/mol. The number of morpholine rings is 1. The van der Waals surface area contributed by atoms with E-state index >= 15 is 0 Å². The van der Waals surface area contributed by atoms with Crippen molar-refractivity contribution in [2.24, 2.45) is 0 Å². The molecule has 1 aromatic carbocycles. The van der Waals surface area contributed by atoms with Gasteiger partial charge in [0.15, 0.2) is 0 Å². The Morgan fingerprint density at radius 3 is 3.07 bits per heavy atom. The molecule has 1 atom stereocenters. The van der Waals surface area contributed by atoms with Crippen LogP contribution in [-0.2, 0) is 16.1 Å². The third-order valence-electron chi connectivity index (χ3n) is 5.02. The number of amides is 1. The van der Waals surface area contributed by atoms with E-state index < -0.39 is 0 Å². The molecule has 0 spiro atoms. The van der Waals surface area contributed by atoms with Gasteiger partial charge in [-0.1, -0.05) is 0 Å². The highest BCUT2D eigenvalue weighted by Crippen LogP contribution is 2.19. The molecule has 0 unspecified atom stereocenters. The molecular formula is C19H25N7O2. The number of benzene rings is 1. The third kappa shape index (κ3) is 4.05. The number of ether oxygens (including phenoxy) is 1. The number of hydrogen-bond donors (Lipinski definition) is 2. The Hall–Kier alpha value is -2.78. The lowest BCUT2D eigenvalue weighted by atomic mass is 10.1. The highest BCUT2D eigenvalue weighted by molar-refractivity contribution is 5.93. The minimum Gasteiger partial charge on any atom is -0.378 e. The largest absolute Gasteiger partial charge is 0.378 e. The Bertz CT molecular complexity index is 949. The van der Waals surface area contributed by atoms with Crippen molar-refractivity contribution in [3.8, 4) is 0 Å². The molecule has 148 valence electrons. The number of rotatable bonds is 6.